The third kappa shape index (κ3) is 1.51. The Kier molecular flexibility index (Phi) is 2.35. The quantitative estimate of drug-likeness (QED) is 0.563. The number of hydrogen-bond acceptors (Lipinski definition) is 0. The van der Waals surface area contributed by atoms with Crippen molar-refractivity contribution in [1.82, 2.24) is 0 Å². The summed E-state index contributed by atoms with van der Waals surface area (Å²) in [5.74, 6) is 0.470. The lowest BCUT2D eigenvalue weighted by Gasteiger charge is -2.25. The van der Waals surface area contributed by atoms with Gasteiger partial charge in [0.25, 0.3) is 0 Å². The fourth-order valence-corrected chi connectivity index (χ4v) is 1.83. The summed E-state index contributed by atoms with van der Waals surface area (Å²) >= 11 is 0. The molecule has 0 aromatic heterocycles. The van der Waals surface area contributed by atoms with E-state index in [2.05, 4.69) is 0 Å². The maximum absolute atomic E-state index is 11.7. The first kappa shape index (κ1) is 8.06. The molecule has 1 rings (SSSR count). The molecule has 0 spiro atoms. The molecule has 1 radical (unpaired) electrons. The van der Waals surface area contributed by atoms with Gasteiger partial charge in [-0.05, 0) is 32.1 Å². The molecule has 1 aliphatic rings. The van der Waals surface area contributed by atoms with Gasteiger partial charge in [0, 0.05) is 0 Å². The first-order chi connectivity index (χ1) is 4.67. The fourth-order valence-electron chi connectivity index (χ4n) is 1.83. The summed E-state index contributed by atoms with van der Waals surface area (Å²) in [6.07, 6.45) is 5.70. The van der Waals surface area contributed by atoms with E-state index in [4.69, 9.17) is 0 Å². The van der Waals surface area contributed by atoms with Gasteiger partial charge in [-0.3, -0.25) is 0 Å². The maximum atomic E-state index is 11.7. The Morgan fingerprint density at radius 2 is 1.90 bits per heavy atom. The van der Waals surface area contributed by atoms with Crippen molar-refractivity contribution >= 4 is 0 Å². The maximum Gasteiger partial charge on any atom is 0.103 e. The third-order valence-electron chi connectivity index (χ3n) is 2.92. The molecule has 0 amide bonds. The molecule has 1 aliphatic carbocycles. The SMILES string of the molecule is CCC(C)([O])C1CCCC1. The minimum Gasteiger partial charge on any atom is -0.230 e. The summed E-state index contributed by atoms with van der Waals surface area (Å²) in [4.78, 5) is 0. The largest absolute Gasteiger partial charge is 0.230 e. The van der Waals surface area contributed by atoms with E-state index in [1.165, 1.54) is 25.7 Å². The molecule has 1 heteroatoms. The lowest BCUT2D eigenvalue weighted by atomic mass is 9.86. The van der Waals surface area contributed by atoms with E-state index < -0.39 is 5.60 Å². The van der Waals surface area contributed by atoms with E-state index in [1.807, 2.05) is 13.8 Å². The molecular weight excluding hydrogens is 124 g/mol. The first-order valence-corrected chi connectivity index (χ1v) is 4.37. The smallest absolute Gasteiger partial charge is 0.103 e. The van der Waals surface area contributed by atoms with Gasteiger partial charge in [0.2, 0.25) is 0 Å². The van der Waals surface area contributed by atoms with Gasteiger partial charge in [0.15, 0.2) is 0 Å². The van der Waals surface area contributed by atoms with Crippen molar-refractivity contribution in [1.29, 1.82) is 0 Å². The van der Waals surface area contributed by atoms with Gasteiger partial charge in [-0.2, -0.15) is 0 Å². The van der Waals surface area contributed by atoms with Crippen LogP contribution >= 0.6 is 0 Å². The van der Waals surface area contributed by atoms with Crippen LogP contribution in [0.25, 0.3) is 0 Å². The van der Waals surface area contributed by atoms with Crippen LogP contribution in [0.2, 0.25) is 0 Å². The van der Waals surface area contributed by atoms with Crippen LogP contribution in [-0.4, -0.2) is 5.60 Å². The molecule has 0 aromatic carbocycles. The summed E-state index contributed by atoms with van der Waals surface area (Å²) in [6, 6.07) is 0. The zero-order valence-electron chi connectivity index (χ0n) is 7.02. The topological polar surface area (TPSA) is 19.9 Å². The lowest BCUT2D eigenvalue weighted by molar-refractivity contribution is -0.0636. The highest BCUT2D eigenvalue weighted by Gasteiger charge is 2.33. The van der Waals surface area contributed by atoms with E-state index in [-0.39, 0.29) is 0 Å². The van der Waals surface area contributed by atoms with E-state index in [1.54, 1.807) is 0 Å². The zero-order valence-corrected chi connectivity index (χ0v) is 7.02. The van der Waals surface area contributed by atoms with Crippen molar-refractivity contribution in [2.24, 2.45) is 5.92 Å². The summed E-state index contributed by atoms with van der Waals surface area (Å²) in [5, 5.41) is 11.7. The Labute approximate surface area is 63.4 Å². The molecule has 0 N–H and O–H groups in total. The Bertz CT molecular complexity index is 101. The highest BCUT2D eigenvalue weighted by atomic mass is 16.3. The molecule has 1 nitrogen and oxygen atoms in total. The number of hydrogen-bond donors (Lipinski definition) is 0. The van der Waals surface area contributed by atoms with E-state index in [9.17, 15) is 5.11 Å². The molecular formula is C9H17O. The molecule has 0 aliphatic heterocycles. The van der Waals surface area contributed by atoms with Crippen molar-refractivity contribution in [2.45, 2.75) is 51.6 Å². The van der Waals surface area contributed by atoms with Crippen LogP contribution in [0, 0.1) is 5.92 Å². The zero-order chi connectivity index (χ0) is 7.61. The molecule has 0 heterocycles. The van der Waals surface area contributed by atoms with E-state index in [0.29, 0.717) is 5.92 Å². The van der Waals surface area contributed by atoms with Crippen LogP contribution in [0.5, 0.6) is 0 Å². The Morgan fingerprint density at radius 3 is 2.30 bits per heavy atom. The molecule has 0 aromatic rings. The van der Waals surface area contributed by atoms with Crippen LogP contribution in [-0.2, 0) is 5.11 Å². The van der Waals surface area contributed by atoms with Crippen LogP contribution in [0.15, 0.2) is 0 Å². The minimum atomic E-state index is -0.628. The summed E-state index contributed by atoms with van der Waals surface area (Å²) in [5.41, 5.74) is -0.628. The molecule has 59 valence electrons. The molecule has 0 bridgehead atoms. The monoisotopic (exact) mass is 141 g/mol. The van der Waals surface area contributed by atoms with Gasteiger partial charge in [-0.15, -0.1) is 0 Å². The van der Waals surface area contributed by atoms with Crippen molar-refractivity contribution in [3.63, 3.8) is 0 Å². The van der Waals surface area contributed by atoms with Gasteiger partial charge >= 0.3 is 0 Å². The van der Waals surface area contributed by atoms with Gasteiger partial charge in [-0.1, -0.05) is 19.8 Å². The molecule has 1 fully saturated rings. The highest BCUT2D eigenvalue weighted by Crippen LogP contribution is 2.35. The second-order valence-electron chi connectivity index (χ2n) is 3.65. The molecule has 1 unspecified atom stereocenters. The Hall–Kier alpha value is -0.0400. The molecule has 1 atom stereocenters. The second kappa shape index (κ2) is 2.91. The van der Waals surface area contributed by atoms with Crippen LogP contribution in [0.3, 0.4) is 0 Å². The highest BCUT2D eigenvalue weighted by molar-refractivity contribution is 4.83. The van der Waals surface area contributed by atoms with E-state index in [0.717, 1.165) is 6.42 Å². The average Bonchev–Trinajstić information content (AvgIpc) is 2.38. The van der Waals surface area contributed by atoms with Crippen LogP contribution in [0.1, 0.15) is 46.0 Å². The lowest BCUT2D eigenvalue weighted by Crippen LogP contribution is -2.30. The standard InChI is InChI=1S/C9H17O/c1-3-9(2,10)8-6-4-5-7-8/h8H,3-7H2,1-2H3. The van der Waals surface area contributed by atoms with E-state index >= 15 is 0 Å². The van der Waals surface area contributed by atoms with Gasteiger partial charge in [-0.25, -0.2) is 5.11 Å². The van der Waals surface area contributed by atoms with Crippen molar-refractivity contribution < 1.29 is 5.11 Å². The predicted molar refractivity (Wildman–Crippen MR) is 41.3 cm³/mol. The van der Waals surface area contributed by atoms with Gasteiger partial charge < -0.3 is 0 Å². The molecule has 1 saturated carbocycles. The third-order valence-corrected chi connectivity index (χ3v) is 2.92. The Morgan fingerprint density at radius 1 is 1.40 bits per heavy atom. The predicted octanol–water partition coefficient (Wildman–Crippen LogP) is 2.78. The van der Waals surface area contributed by atoms with Crippen LogP contribution < -0.4 is 0 Å². The average molecular weight is 141 g/mol. The van der Waals surface area contributed by atoms with Crippen molar-refractivity contribution in [3.8, 4) is 0 Å². The van der Waals surface area contributed by atoms with Crippen molar-refractivity contribution in [2.75, 3.05) is 0 Å². The normalized spacial score (nSPS) is 26.7. The van der Waals surface area contributed by atoms with Gasteiger partial charge in [0.05, 0.1) is 0 Å². The number of rotatable bonds is 2. The van der Waals surface area contributed by atoms with Crippen molar-refractivity contribution in [3.05, 3.63) is 0 Å². The first-order valence-electron chi connectivity index (χ1n) is 4.37. The van der Waals surface area contributed by atoms with Crippen LogP contribution in [0.4, 0.5) is 0 Å². The Balaban J connectivity index is 2.45. The minimum absolute atomic E-state index is 0.470. The summed E-state index contributed by atoms with van der Waals surface area (Å²) in [7, 11) is 0. The fraction of sp³-hybridized carbons (Fsp3) is 1.00. The summed E-state index contributed by atoms with van der Waals surface area (Å²) in [6.45, 7) is 3.87. The van der Waals surface area contributed by atoms with Gasteiger partial charge in [0.1, 0.15) is 5.60 Å². The summed E-state index contributed by atoms with van der Waals surface area (Å²) < 4.78 is 0. The molecule has 0 saturated heterocycles. The second-order valence-corrected chi connectivity index (χ2v) is 3.65. The molecule has 10 heavy (non-hydrogen) atoms.